The van der Waals surface area contributed by atoms with Gasteiger partial charge in [-0.05, 0) is 44.9 Å². The number of furan rings is 1. The Morgan fingerprint density at radius 1 is 1.53 bits per heavy atom. The van der Waals surface area contributed by atoms with Gasteiger partial charge in [-0.3, -0.25) is 0 Å². The van der Waals surface area contributed by atoms with Gasteiger partial charge in [-0.1, -0.05) is 0 Å². The second kappa shape index (κ2) is 4.27. The molecule has 4 heteroatoms. The average Bonchev–Trinajstić information content (AvgIpc) is 2.93. The lowest BCUT2D eigenvalue weighted by atomic mass is 9.98. The minimum Gasteiger partial charge on any atom is -0.462 e. The summed E-state index contributed by atoms with van der Waals surface area (Å²) in [5, 5.41) is 4.40. The Kier molecular flexibility index (Phi) is 2.76. The third kappa shape index (κ3) is 1.81. The van der Waals surface area contributed by atoms with Crippen molar-refractivity contribution in [1.29, 1.82) is 0 Å². The van der Waals surface area contributed by atoms with Gasteiger partial charge in [0.05, 0.1) is 12.0 Å². The van der Waals surface area contributed by atoms with E-state index in [9.17, 15) is 0 Å². The van der Waals surface area contributed by atoms with Gasteiger partial charge in [-0.2, -0.15) is 0 Å². The number of nitrogens with one attached hydrogen (secondary N) is 1. The van der Waals surface area contributed by atoms with Crippen molar-refractivity contribution in [3.8, 4) is 10.8 Å². The van der Waals surface area contributed by atoms with E-state index in [2.05, 4.69) is 12.2 Å². The molecule has 1 aliphatic carbocycles. The molecule has 0 radical (unpaired) electrons. The highest BCUT2D eigenvalue weighted by atomic mass is 32.1. The molecule has 1 aliphatic rings. The van der Waals surface area contributed by atoms with Crippen LogP contribution in [-0.2, 0) is 6.42 Å². The standard InChI is InChI=1S/C13H16N2OS/c1-8-6-7-16-11(8)13-15-10-5-3-4-9(14-2)12(10)17-13/h6-7,9,14H,3-5H2,1-2H3. The molecule has 0 fully saturated rings. The summed E-state index contributed by atoms with van der Waals surface area (Å²) >= 11 is 1.77. The summed E-state index contributed by atoms with van der Waals surface area (Å²) in [5.41, 5.74) is 2.42. The number of thiazole rings is 1. The average molecular weight is 248 g/mol. The number of hydrogen-bond donors (Lipinski definition) is 1. The summed E-state index contributed by atoms with van der Waals surface area (Å²) in [4.78, 5) is 6.13. The molecule has 0 aromatic carbocycles. The van der Waals surface area contributed by atoms with Gasteiger partial charge < -0.3 is 9.73 Å². The number of fused-ring (bicyclic) bond motifs is 1. The zero-order chi connectivity index (χ0) is 11.8. The minimum absolute atomic E-state index is 0.472. The maximum absolute atomic E-state index is 5.52. The van der Waals surface area contributed by atoms with E-state index in [0.29, 0.717) is 6.04 Å². The summed E-state index contributed by atoms with van der Waals surface area (Å²) in [5.74, 6) is 0.930. The van der Waals surface area contributed by atoms with Crippen molar-refractivity contribution < 1.29 is 4.42 Å². The third-order valence-electron chi connectivity index (χ3n) is 3.36. The quantitative estimate of drug-likeness (QED) is 0.886. The molecule has 0 saturated heterocycles. The number of aromatic nitrogens is 1. The van der Waals surface area contributed by atoms with E-state index in [1.807, 2.05) is 13.1 Å². The fraction of sp³-hybridized carbons (Fsp3) is 0.462. The molecule has 1 unspecified atom stereocenters. The van der Waals surface area contributed by atoms with E-state index in [1.54, 1.807) is 17.6 Å². The van der Waals surface area contributed by atoms with Crippen molar-refractivity contribution in [2.45, 2.75) is 32.2 Å². The summed E-state index contributed by atoms with van der Waals surface area (Å²) < 4.78 is 5.52. The van der Waals surface area contributed by atoms with Crippen LogP contribution in [0, 0.1) is 6.92 Å². The van der Waals surface area contributed by atoms with Crippen molar-refractivity contribution in [1.82, 2.24) is 10.3 Å². The molecule has 2 aromatic rings. The molecule has 2 aromatic heterocycles. The molecule has 3 rings (SSSR count). The zero-order valence-corrected chi connectivity index (χ0v) is 10.9. The van der Waals surface area contributed by atoms with E-state index in [0.717, 1.165) is 22.8 Å². The number of nitrogens with zero attached hydrogens (tertiary/aromatic N) is 1. The largest absolute Gasteiger partial charge is 0.462 e. The van der Waals surface area contributed by atoms with E-state index in [4.69, 9.17) is 9.40 Å². The first-order chi connectivity index (χ1) is 8.29. The fourth-order valence-electron chi connectivity index (χ4n) is 2.38. The van der Waals surface area contributed by atoms with Gasteiger partial charge in [0.2, 0.25) is 0 Å². The lowest BCUT2D eigenvalue weighted by Crippen LogP contribution is -2.19. The molecule has 0 aliphatic heterocycles. The van der Waals surface area contributed by atoms with Crippen molar-refractivity contribution in [2.75, 3.05) is 7.05 Å². The summed E-state index contributed by atoms with van der Waals surface area (Å²) in [6, 6.07) is 2.46. The predicted octanol–water partition coefficient (Wildman–Crippen LogP) is 3.31. The van der Waals surface area contributed by atoms with Crippen LogP contribution in [0.25, 0.3) is 10.8 Å². The van der Waals surface area contributed by atoms with Gasteiger partial charge in [-0.25, -0.2) is 4.98 Å². The van der Waals surface area contributed by atoms with E-state index >= 15 is 0 Å². The monoisotopic (exact) mass is 248 g/mol. The van der Waals surface area contributed by atoms with Crippen LogP contribution in [0.4, 0.5) is 0 Å². The van der Waals surface area contributed by atoms with Crippen LogP contribution in [0.15, 0.2) is 16.7 Å². The molecule has 0 amide bonds. The highest BCUT2D eigenvalue weighted by Crippen LogP contribution is 2.38. The topological polar surface area (TPSA) is 38.1 Å². The van der Waals surface area contributed by atoms with Gasteiger partial charge in [0, 0.05) is 10.9 Å². The van der Waals surface area contributed by atoms with Crippen LogP contribution in [0.1, 0.15) is 35.0 Å². The van der Waals surface area contributed by atoms with Crippen molar-refractivity contribution in [3.63, 3.8) is 0 Å². The van der Waals surface area contributed by atoms with Crippen molar-refractivity contribution in [3.05, 3.63) is 28.5 Å². The molecule has 0 spiro atoms. The fourth-order valence-corrected chi connectivity index (χ4v) is 3.69. The van der Waals surface area contributed by atoms with Crippen LogP contribution in [-0.4, -0.2) is 12.0 Å². The van der Waals surface area contributed by atoms with Crippen LogP contribution < -0.4 is 5.32 Å². The van der Waals surface area contributed by atoms with Gasteiger partial charge >= 0.3 is 0 Å². The van der Waals surface area contributed by atoms with Gasteiger partial charge in [-0.15, -0.1) is 11.3 Å². The second-order valence-electron chi connectivity index (χ2n) is 4.50. The number of hydrogen-bond acceptors (Lipinski definition) is 4. The minimum atomic E-state index is 0.472. The molecule has 0 bridgehead atoms. The van der Waals surface area contributed by atoms with E-state index in [1.165, 1.54) is 23.4 Å². The molecule has 1 atom stereocenters. The molecule has 3 nitrogen and oxygen atoms in total. The molecular formula is C13H16N2OS. The SMILES string of the molecule is CNC1CCCc2nc(-c3occc3C)sc21. The lowest BCUT2D eigenvalue weighted by Gasteiger charge is -2.19. The predicted molar refractivity (Wildman–Crippen MR) is 69.3 cm³/mol. The Hall–Kier alpha value is -1.13. The summed E-state index contributed by atoms with van der Waals surface area (Å²) in [6.07, 6.45) is 5.27. The first-order valence-electron chi connectivity index (χ1n) is 6.01. The number of rotatable bonds is 2. The highest BCUT2D eigenvalue weighted by Gasteiger charge is 2.24. The Labute approximate surface area is 105 Å². The first kappa shape index (κ1) is 11.0. The molecule has 2 heterocycles. The van der Waals surface area contributed by atoms with Crippen LogP contribution >= 0.6 is 11.3 Å². The maximum atomic E-state index is 5.52. The van der Waals surface area contributed by atoms with Gasteiger partial charge in [0.1, 0.15) is 0 Å². The Morgan fingerprint density at radius 2 is 2.41 bits per heavy atom. The van der Waals surface area contributed by atoms with E-state index < -0.39 is 0 Å². The molecule has 17 heavy (non-hydrogen) atoms. The molecule has 0 saturated carbocycles. The third-order valence-corrected chi connectivity index (χ3v) is 4.57. The zero-order valence-electron chi connectivity index (χ0n) is 10.1. The maximum Gasteiger partial charge on any atom is 0.165 e. The van der Waals surface area contributed by atoms with Gasteiger partial charge in [0.15, 0.2) is 10.8 Å². The van der Waals surface area contributed by atoms with Crippen LogP contribution in [0.2, 0.25) is 0 Å². The Morgan fingerprint density at radius 3 is 3.12 bits per heavy atom. The molecule has 1 N–H and O–H groups in total. The first-order valence-corrected chi connectivity index (χ1v) is 6.82. The summed E-state index contributed by atoms with van der Waals surface area (Å²) in [6.45, 7) is 2.06. The summed E-state index contributed by atoms with van der Waals surface area (Å²) in [7, 11) is 2.03. The van der Waals surface area contributed by atoms with Gasteiger partial charge in [0.25, 0.3) is 0 Å². The van der Waals surface area contributed by atoms with Crippen molar-refractivity contribution in [2.24, 2.45) is 0 Å². The normalized spacial score (nSPS) is 19.3. The lowest BCUT2D eigenvalue weighted by molar-refractivity contribution is 0.501. The number of aryl methyl sites for hydroxylation is 2. The smallest absolute Gasteiger partial charge is 0.165 e. The molecular weight excluding hydrogens is 232 g/mol. The van der Waals surface area contributed by atoms with Crippen LogP contribution in [0.5, 0.6) is 0 Å². The molecule has 90 valence electrons. The highest BCUT2D eigenvalue weighted by molar-refractivity contribution is 7.15. The van der Waals surface area contributed by atoms with E-state index in [-0.39, 0.29) is 0 Å². The van der Waals surface area contributed by atoms with Crippen molar-refractivity contribution >= 4 is 11.3 Å². The Balaban J connectivity index is 2.04. The second-order valence-corrected chi connectivity index (χ2v) is 5.53. The Bertz CT molecular complexity index is 529. The van der Waals surface area contributed by atoms with Crippen LogP contribution in [0.3, 0.4) is 0 Å².